The van der Waals surface area contributed by atoms with Gasteiger partial charge in [0, 0.05) is 13.0 Å². The molecule has 21 heavy (non-hydrogen) atoms. The van der Waals surface area contributed by atoms with Gasteiger partial charge in [0.05, 0.1) is 0 Å². The van der Waals surface area contributed by atoms with E-state index in [-0.39, 0.29) is 0 Å². The molecule has 0 spiro atoms. The van der Waals surface area contributed by atoms with E-state index in [1.807, 2.05) is 0 Å². The van der Waals surface area contributed by atoms with Gasteiger partial charge in [-0.05, 0) is 75.7 Å². The minimum absolute atomic E-state index is 0.320. The third-order valence-corrected chi connectivity index (χ3v) is 4.70. The molecule has 3 heteroatoms. The van der Waals surface area contributed by atoms with Crippen LogP contribution in [0.25, 0.3) is 0 Å². The highest BCUT2D eigenvalue weighted by Crippen LogP contribution is 2.25. The zero-order valence-corrected chi connectivity index (χ0v) is 13.5. The second kappa shape index (κ2) is 7.08. The van der Waals surface area contributed by atoms with E-state index in [2.05, 4.69) is 37.8 Å². The molecule has 1 aromatic rings. The number of hydrogen-bond donors (Lipinski definition) is 1. The number of carboxylic acids is 1. The Bertz CT molecular complexity index is 479. The molecule has 1 fully saturated rings. The topological polar surface area (TPSA) is 40.5 Å². The average molecular weight is 289 g/mol. The van der Waals surface area contributed by atoms with Gasteiger partial charge in [0.1, 0.15) is 0 Å². The van der Waals surface area contributed by atoms with Crippen LogP contribution in [0, 0.1) is 26.7 Å². The predicted octanol–water partition coefficient (Wildman–Crippen LogP) is 3.69. The number of piperidine rings is 1. The lowest BCUT2D eigenvalue weighted by molar-refractivity contribution is -0.137. The summed E-state index contributed by atoms with van der Waals surface area (Å²) in [5.74, 6) is -0.0686. The van der Waals surface area contributed by atoms with E-state index in [0.717, 1.165) is 38.9 Å². The van der Waals surface area contributed by atoms with Crippen LogP contribution in [0.3, 0.4) is 0 Å². The number of nitrogens with zero attached hydrogens (tertiary/aromatic N) is 1. The van der Waals surface area contributed by atoms with Gasteiger partial charge in [-0.25, -0.2) is 0 Å². The van der Waals surface area contributed by atoms with Gasteiger partial charge >= 0.3 is 5.97 Å². The summed E-state index contributed by atoms with van der Waals surface area (Å²) in [6, 6.07) is 4.53. The van der Waals surface area contributed by atoms with Crippen molar-refractivity contribution in [2.45, 2.75) is 53.0 Å². The lowest BCUT2D eigenvalue weighted by Crippen LogP contribution is -2.33. The fourth-order valence-corrected chi connectivity index (χ4v) is 3.44. The van der Waals surface area contributed by atoms with Gasteiger partial charge in [-0.1, -0.05) is 17.7 Å². The number of hydrogen-bond acceptors (Lipinski definition) is 2. The van der Waals surface area contributed by atoms with Crippen molar-refractivity contribution < 1.29 is 9.90 Å². The number of rotatable bonds is 5. The zero-order chi connectivity index (χ0) is 15.4. The van der Waals surface area contributed by atoms with Crippen molar-refractivity contribution in [1.29, 1.82) is 0 Å². The molecule has 0 aliphatic carbocycles. The van der Waals surface area contributed by atoms with E-state index < -0.39 is 5.97 Å². The average Bonchev–Trinajstić information content (AvgIpc) is 2.41. The zero-order valence-electron chi connectivity index (χ0n) is 13.5. The van der Waals surface area contributed by atoms with Crippen LogP contribution in [0.4, 0.5) is 0 Å². The number of likely N-dealkylation sites (tertiary alicyclic amines) is 1. The third-order valence-electron chi connectivity index (χ3n) is 4.70. The number of carbonyl (C=O) groups is 1. The maximum atomic E-state index is 10.6. The van der Waals surface area contributed by atoms with Crippen LogP contribution < -0.4 is 0 Å². The van der Waals surface area contributed by atoms with Gasteiger partial charge in [-0.3, -0.25) is 9.69 Å². The van der Waals surface area contributed by atoms with Crippen LogP contribution in [-0.2, 0) is 11.3 Å². The predicted molar refractivity (Wildman–Crippen MR) is 85.5 cm³/mol. The van der Waals surface area contributed by atoms with Crippen molar-refractivity contribution >= 4 is 5.97 Å². The van der Waals surface area contributed by atoms with Gasteiger partial charge in [0.2, 0.25) is 0 Å². The molecule has 1 saturated heterocycles. The number of carboxylic acid groups (broad SMARTS) is 1. The molecule has 1 aliphatic heterocycles. The third kappa shape index (κ3) is 4.57. The Morgan fingerprint density at radius 1 is 1.19 bits per heavy atom. The Hall–Kier alpha value is -1.35. The minimum atomic E-state index is -0.664. The van der Waals surface area contributed by atoms with Crippen LogP contribution in [0.2, 0.25) is 0 Å². The first-order chi connectivity index (χ1) is 9.95. The summed E-state index contributed by atoms with van der Waals surface area (Å²) in [4.78, 5) is 13.2. The first kappa shape index (κ1) is 16.0. The van der Waals surface area contributed by atoms with Crippen LogP contribution in [0.1, 0.15) is 47.9 Å². The lowest BCUT2D eigenvalue weighted by Gasteiger charge is -2.32. The molecule has 1 N–H and O–H groups in total. The van der Waals surface area contributed by atoms with E-state index in [0.29, 0.717) is 12.3 Å². The molecular weight excluding hydrogens is 262 g/mol. The fourth-order valence-electron chi connectivity index (χ4n) is 3.44. The molecule has 0 radical (unpaired) electrons. The highest BCUT2D eigenvalue weighted by atomic mass is 16.4. The van der Waals surface area contributed by atoms with Crippen LogP contribution in [0.15, 0.2) is 12.1 Å². The second-order valence-corrected chi connectivity index (χ2v) is 6.53. The molecule has 1 aromatic carbocycles. The van der Waals surface area contributed by atoms with Crippen molar-refractivity contribution in [3.05, 3.63) is 34.4 Å². The first-order valence-electron chi connectivity index (χ1n) is 7.96. The molecule has 3 nitrogen and oxygen atoms in total. The highest BCUT2D eigenvalue weighted by molar-refractivity contribution is 5.66. The summed E-state index contributed by atoms with van der Waals surface area (Å²) >= 11 is 0. The van der Waals surface area contributed by atoms with Crippen molar-refractivity contribution in [2.24, 2.45) is 5.92 Å². The molecule has 2 rings (SSSR count). The second-order valence-electron chi connectivity index (χ2n) is 6.53. The summed E-state index contributed by atoms with van der Waals surface area (Å²) < 4.78 is 0. The number of benzene rings is 1. The van der Waals surface area contributed by atoms with Crippen LogP contribution in [0.5, 0.6) is 0 Å². The molecule has 116 valence electrons. The van der Waals surface area contributed by atoms with Gasteiger partial charge < -0.3 is 5.11 Å². The normalized spacial score (nSPS) is 17.1. The van der Waals surface area contributed by atoms with Crippen molar-refractivity contribution in [3.8, 4) is 0 Å². The van der Waals surface area contributed by atoms with E-state index in [9.17, 15) is 4.79 Å². The summed E-state index contributed by atoms with van der Waals surface area (Å²) in [6.07, 6.45) is 3.43. The molecule has 0 saturated carbocycles. The fraction of sp³-hybridized carbons (Fsp3) is 0.611. The van der Waals surface area contributed by atoms with Crippen molar-refractivity contribution in [2.75, 3.05) is 13.1 Å². The molecule has 0 bridgehead atoms. The minimum Gasteiger partial charge on any atom is -0.481 e. The van der Waals surface area contributed by atoms with Crippen molar-refractivity contribution in [1.82, 2.24) is 4.90 Å². The van der Waals surface area contributed by atoms with E-state index in [1.165, 1.54) is 22.3 Å². The molecule has 1 heterocycles. The molecule has 0 unspecified atom stereocenters. The Morgan fingerprint density at radius 3 is 2.29 bits per heavy atom. The quantitative estimate of drug-likeness (QED) is 0.898. The Balaban J connectivity index is 1.88. The largest absolute Gasteiger partial charge is 0.481 e. The smallest absolute Gasteiger partial charge is 0.303 e. The van der Waals surface area contributed by atoms with Gasteiger partial charge in [0.15, 0.2) is 0 Å². The van der Waals surface area contributed by atoms with Gasteiger partial charge in [0.25, 0.3) is 0 Å². The lowest BCUT2D eigenvalue weighted by atomic mass is 9.91. The Kier molecular flexibility index (Phi) is 5.40. The van der Waals surface area contributed by atoms with E-state index in [4.69, 9.17) is 5.11 Å². The molecule has 1 aliphatic rings. The highest BCUT2D eigenvalue weighted by Gasteiger charge is 2.20. The summed E-state index contributed by atoms with van der Waals surface area (Å²) in [5, 5.41) is 8.76. The van der Waals surface area contributed by atoms with Gasteiger partial charge in [-0.2, -0.15) is 0 Å². The summed E-state index contributed by atoms with van der Waals surface area (Å²) in [6.45, 7) is 9.78. The summed E-state index contributed by atoms with van der Waals surface area (Å²) in [5.41, 5.74) is 5.58. The molecule has 0 amide bonds. The monoisotopic (exact) mass is 289 g/mol. The first-order valence-corrected chi connectivity index (χ1v) is 7.96. The Labute approximate surface area is 128 Å². The number of aliphatic carboxylic acids is 1. The molecule has 0 atom stereocenters. The SMILES string of the molecule is Cc1cc(C)c(CN2CCC(CCC(=O)O)CC2)c(C)c1. The molecular formula is C18H27NO2. The molecule has 0 aromatic heterocycles. The maximum Gasteiger partial charge on any atom is 0.303 e. The van der Waals surface area contributed by atoms with E-state index >= 15 is 0 Å². The van der Waals surface area contributed by atoms with E-state index in [1.54, 1.807) is 0 Å². The van der Waals surface area contributed by atoms with Gasteiger partial charge in [-0.15, -0.1) is 0 Å². The number of aryl methyl sites for hydroxylation is 3. The maximum absolute atomic E-state index is 10.6. The summed E-state index contributed by atoms with van der Waals surface area (Å²) in [7, 11) is 0. The standard InChI is InChI=1S/C18H27NO2/c1-13-10-14(2)17(15(3)11-13)12-19-8-6-16(7-9-19)4-5-18(20)21/h10-11,16H,4-9,12H2,1-3H3,(H,20,21). The van der Waals surface area contributed by atoms with Crippen molar-refractivity contribution in [3.63, 3.8) is 0 Å². The van der Waals surface area contributed by atoms with Crippen LogP contribution >= 0.6 is 0 Å². The Morgan fingerprint density at radius 2 is 1.76 bits per heavy atom. The van der Waals surface area contributed by atoms with Crippen LogP contribution in [-0.4, -0.2) is 29.1 Å².